The minimum Gasteiger partial charge on any atom is -0.377 e. The lowest BCUT2D eigenvalue weighted by molar-refractivity contribution is -0.698. The molecule has 0 unspecified atom stereocenters. The molecule has 90 valence electrons. The Balaban J connectivity index is 1.84. The van der Waals surface area contributed by atoms with Gasteiger partial charge in [0.05, 0.1) is 39.6 Å². The molecule has 1 aliphatic heterocycles. The summed E-state index contributed by atoms with van der Waals surface area (Å²) in [5.41, 5.74) is 0. The van der Waals surface area contributed by atoms with Crippen LogP contribution >= 0.6 is 0 Å². The van der Waals surface area contributed by atoms with Crippen LogP contribution in [-0.2, 0) is 27.3 Å². The summed E-state index contributed by atoms with van der Waals surface area (Å²) >= 11 is 0. The number of fused-ring (bicyclic) bond motifs is 2. The molecule has 1 aromatic rings. The Hall–Kier alpha value is -0.910. The smallest absolute Gasteiger partial charge is 0.243 e. The first kappa shape index (κ1) is 11.6. The molecule has 0 N–H and O–H groups in total. The van der Waals surface area contributed by atoms with Crippen molar-refractivity contribution < 1.29 is 18.8 Å². The van der Waals surface area contributed by atoms with E-state index in [4.69, 9.17) is 14.2 Å². The van der Waals surface area contributed by atoms with E-state index in [1.807, 2.05) is 0 Å². The number of ether oxygens (including phenoxy) is 3. The molecule has 0 atom stereocenters. The minimum atomic E-state index is 0.648. The molecule has 2 heterocycles. The maximum Gasteiger partial charge on any atom is 0.243 e. The van der Waals surface area contributed by atoms with Crippen LogP contribution in [0, 0.1) is 0 Å². The van der Waals surface area contributed by atoms with Gasteiger partial charge in [0, 0.05) is 0 Å². The third kappa shape index (κ3) is 3.92. The van der Waals surface area contributed by atoms with E-state index in [9.17, 15) is 0 Å². The molecule has 0 aromatic carbocycles. The first-order valence-electron chi connectivity index (χ1n) is 5.73. The van der Waals surface area contributed by atoms with Gasteiger partial charge in [-0.3, -0.25) is 0 Å². The summed E-state index contributed by atoms with van der Waals surface area (Å²) in [4.78, 5) is 0. The highest BCUT2D eigenvalue weighted by Gasteiger charge is 2.04. The lowest BCUT2D eigenvalue weighted by atomic mass is 10.6. The number of nitrogens with zero attached hydrogens (tertiary/aromatic N) is 2. The highest BCUT2D eigenvalue weighted by molar-refractivity contribution is 4.65. The number of aromatic nitrogens is 2. The van der Waals surface area contributed by atoms with E-state index in [-0.39, 0.29) is 0 Å². The molecule has 5 heteroatoms. The molecule has 0 saturated carbocycles. The van der Waals surface area contributed by atoms with Gasteiger partial charge in [-0.05, 0) is 0 Å². The topological polar surface area (TPSA) is 36.5 Å². The summed E-state index contributed by atoms with van der Waals surface area (Å²) in [7, 11) is 0. The average Bonchev–Trinajstić information content (AvgIpc) is 2.73. The van der Waals surface area contributed by atoms with Crippen molar-refractivity contribution in [2.24, 2.45) is 0 Å². The van der Waals surface area contributed by atoms with Gasteiger partial charge in [-0.1, -0.05) is 0 Å². The van der Waals surface area contributed by atoms with E-state index < -0.39 is 0 Å². The van der Waals surface area contributed by atoms with Crippen molar-refractivity contribution in [3.8, 4) is 0 Å². The maximum absolute atomic E-state index is 5.45. The van der Waals surface area contributed by atoms with Crippen LogP contribution in [0.3, 0.4) is 0 Å². The molecule has 1 aromatic heterocycles. The minimum absolute atomic E-state index is 0.648. The molecule has 0 fully saturated rings. The number of hydrogen-bond donors (Lipinski definition) is 0. The summed E-state index contributed by atoms with van der Waals surface area (Å²) in [6.07, 6.45) is 6.19. The maximum atomic E-state index is 5.45. The van der Waals surface area contributed by atoms with Gasteiger partial charge in [-0.15, -0.1) is 0 Å². The third-order valence-electron chi connectivity index (χ3n) is 2.48. The monoisotopic (exact) mass is 227 g/mol. The summed E-state index contributed by atoms with van der Waals surface area (Å²) < 4.78 is 20.5. The number of imidazole rings is 1. The normalized spacial score (nSPS) is 20.2. The summed E-state index contributed by atoms with van der Waals surface area (Å²) in [5.74, 6) is 0. The predicted octanol–water partition coefficient (Wildman–Crippen LogP) is -0.161. The van der Waals surface area contributed by atoms with Crippen LogP contribution in [0.1, 0.15) is 0 Å². The van der Waals surface area contributed by atoms with Crippen LogP contribution in [0.5, 0.6) is 0 Å². The highest BCUT2D eigenvalue weighted by atomic mass is 16.5. The van der Waals surface area contributed by atoms with Crippen molar-refractivity contribution in [3.63, 3.8) is 0 Å². The molecule has 16 heavy (non-hydrogen) atoms. The summed E-state index contributed by atoms with van der Waals surface area (Å²) in [6.45, 7) is 5.83. The van der Waals surface area contributed by atoms with Gasteiger partial charge in [0.1, 0.15) is 25.5 Å². The lowest BCUT2D eigenvalue weighted by Gasteiger charge is -2.06. The standard InChI is InChI=1S/C11H19N2O3/c1-2-13-4-6-15-8-10-16-9-7-14-5-3-12(1)11-13/h1-2,11H,3-10H2/q+1. The Labute approximate surface area is 95.5 Å². The van der Waals surface area contributed by atoms with E-state index in [0.717, 1.165) is 26.3 Å². The van der Waals surface area contributed by atoms with Crippen molar-refractivity contribution in [2.75, 3.05) is 39.6 Å². The van der Waals surface area contributed by atoms with Gasteiger partial charge in [-0.2, -0.15) is 0 Å². The highest BCUT2D eigenvalue weighted by Crippen LogP contribution is 1.89. The van der Waals surface area contributed by atoms with Crippen molar-refractivity contribution in [1.29, 1.82) is 0 Å². The SMILES string of the molecule is c1c[n+]2cn1CCOCCOCCOCC2. The molecule has 0 saturated heterocycles. The van der Waals surface area contributed by atoms with Gasteiger partial charge >= 0.3 is 0 Å². The Bertz CT molecular complexity index is 275. The predicted molar refractivity (Wildman–Crippen MR) is 57.1 cm³/mol. The van der Waals surface area contributed by atoms with Crippen LogP contribution in [-0.4, -0.2) is 44.2 Å². The van der Waals surface area contributed by atoms with E-state index in [1.165, 1.54) is 0 Å². The second-order valence-electron chi connectivity index (χ2n) is 3.73. The molecule has 0 radical (unpaired) electrons. The van der Waals surface area contributed by atoms with Gasteiger partial charge < -0.3 is 14.2 Å². The van der Waals surface area contributed by atoms with Crippen molar-refractivity contribution >= 4 is 0 Å². The van der Waals surface area contributed by atoms with E-state index in [0.29, 0.717) is 26.4 Å². The molecule has 2 rings (SSSR count). The second kappa shape index (κ2) is 6.62. The first-order chi connectivity index (χ1) is 7.95. The van der Waals surface area contributed by atoms with Crippen LogP contribution in [0.15, 0.2) is 18.7 Å². The Morgan fingerprint density at radius 1 is 0.875 bits per heavy atom. The lowest BCUT2D eigenvalue weighted by Crippen LogP contribution is -2.34. The van der Waals surface area contributed by atoms with Crippen molar-refractivity contribution in [1.82, 2.24) is 4.57 Å². The summed E-state index contributed by atoms with van der Waals surface area (Å²) in [5, 5.41) is 0. The van der Waals surface area contributed by atoms with Gasteiger partial charge in [0.25, 0.3) is 0 Å². The van der Waals surface area contributed by atoms with Gasteiger partial charge in [0.2, 0.25) is 6.33 Å². The fourth-order valence-corrected chi connectivity index (χ4v) is 1.59. The van der Waals surface area contributed by atoms with Gasteiger partial charge in [0.15, 0.2) is 0 Å². The summed E-state index contributed by atoms with van der Waals surface area (Å²) in [6, 6.07) is 0. The van der Waals surface area contributed by atoms with Crippen molar-refractivity contribution in [3.05, 3.63) is 18.7 Å². The Kier molecular flexibility index (Phi) is 4.79. The first-order valence-corrected chi connectivity index (χ1v) is 5.73. The van der Waals surface area contributed by atoms with E-state index in [1.54, 1.807) is 0 Å². The zero-order chi connectivity index (χ0) is 11.1. The van der Waals surface area contributed by atoms with Crippen LogP contribution in [0.2, 0.25) is 0 Å². The van der Waals surface area contributed by atoms with Crippen LogP contribution < -0.4 is 4.57 Å². The molecule has 1 aliphatic rings. The second-order valence-corrected chi connectivity index (χ2v) is 3.73. The molecular formula is C11H19N2O3+. The number of rotatable bonds is 0. The quantitative estimate of drug-likeness (QED) is 0.578. The van der Waals surface area contributed by atoms with Gasteiger partial charge in [-0.25, -0.2) is 9.13 Å². The molecule has 0 spiro atoms. The van der Waals surface area contributed by atoms with Crippen LogP contribution in [0.4, 0.5) is 0 Å². The van der Waals surface area contributed by atoms with Crippen molar-refractivity contribution in [2.45, 2.75) is 13.1 Å². The van der Waals surface area contributed by atoms with Crippen LogP contribution in [0.25, 0.3) is 0 Å². The fraction of sp³-hybridized carbons (Fsp3) is 0.727. The largest absolute Gasteiger partial charge is 0.377 e. The Morgan fingerprint density at radius 3 is 2.38 bits per heavy atom. The zero-order valence-corrected chi connectivity index (χ0v) is 9.51. The van der Waals surface area contributed by atoms with E-state index in [2.05, 4.69) is 27.9 Å². The molecule has 5 nitrogen and oxygen atoms in total. The fourth-order valence-electron chi connectivity index (χ4n) is 1.59. The molecule has 0 aliphatic carbocycles. The zero-order valence-electron chi connectivity index (χ0n) is 9.51. The molecule has 2 bridgehead atoms. The number of hydrogen-bond acceptors (Lipinski definition) is 3. The Morgan fingerprint density at radius 2 is 1.56 bits per heavy atom. The van der Waals surface area contributed by atoms with E-state index >= 15 is 0 Å². The molecular weight excluding hydrogens is 208 g/mol. The molecule has 0 amide bonds. The average molecular weight is 227 g/mol. The third-order valence-corrected chi connectivity index (χ3v) is 2.48.